The Hall–Kier alpha value is -1.30. The number of hydrogen-bond donors (Lipinski definition) is 2. The monoisotopic (exact) mass is 258 g/mol. The second-order valence-electron chi connectivity index (χ2n) is 4.49. The van der Waals surface area contributed by atoms with Gasteiger partial charge < -0.3 is 20.1 Å². The molecule has 6 nitrogen and oxygen atoms in total. The Balaban J connectivity index is 2.50. The Morgan fingerprint density at radius 2 is 2.11 bits per heavy atom. The molecule has 0 aromatic rings. The van der Waals surface area contributed by atoms with E-state index in [4.69, 9.17) is 9.84 Å². The second-order valence-corrected chi connectivity index (χ2v) is 4.49. The quantitative estimate of drug-likeness (QED) is 0.768. The van der Waals surface area contributed by atoms with Crippen LogP contribution in [-0.4, -0.2) is 54.4 Å². The molecular formula is C12H22N2O4. The van der Waals surface area contributed by atoms with Crippen LogP contribution in [0.15, 0.2) is 0 Å². The Labute approximate surface area is 107 Å². The van der Waals surface area contributed by atoms with Crippen LogP contribution in [0.5, 0.6) is 0 Å². The molecule has 0 bridgehead atoms. The SMILES string of the molecule is CCC(CC)CNC(=O)N1CCOCC1C(=O)O. The average molecular weight is 258 g/mol. The van der Waals surface area contributed by atoms with E-state index in [2.05, 4.69) is 19.2 Å². The van der Waals surface area contributed by atoms with Gasteiger partial charge in [0, 0.05) is 13.1 Å². The minimum absolute atomic E-state index is 0.0632. The predicted octanol–water partition coefficient (Wildman–Crippen LogP) is 0.918. The predicted molar refractivity (Wildman–Crippen MR) is 66.4 cm³/mol. The summed E-state index contributed by atoms with van der Waals surface area (Å²) in [7, 11) is 0. The topological polar surface area (TPSA) is 78.9 Å². The number of nitrogens with zero attached hydrogens (tertiary/aromatic N) is 1. The molecular weight excluding hydrogens is 236 g/mol. The summed E-state index contributed by atoms with van der Waals surface area (Å²) in [5.41, 5.74) is 0. The normalized spacial score (nSPS) is 19.9. The van der Waals surface area contributed by atoms with Crippen LogP contribution in [0.1, 0.15) is 26.7 Å². The minimum atomic E-state index is -1.02. The van der Waals surface area contributed by atoms with Gasteiger partial charge in [-0.3, -0.25) is 0 Å². The van der Waals surface area contributed by atoms with Crippen LogP contribution in [0.2, 0.25) is 0 Å². The number of aliphatic carboxylic acids is 1. The van der Waals surface area contributed by atoms with Crippen LogP contribution in [0.3, 0.4) is 0 Å². The van der Waals surface area contributed by atoms with E-state index in [1.807, 2.05) is 0 Å². The van der Waals surface area contributed by atoms with Crippen molar-refractivity contribution in [3.63, 3.8) is 0 Å². The molecule has 1 fully saturated rings. The summed E-state index contributed by atoms with van der Waals surface area (Å²) in [6.07, 6.45) is 2.00. The summed E-state index contributed by atoms with van der Waals surface area (Å²) in [6.45, 7) is 5.53. The number of urea groups is 1. The number of carboxylic acids is 1. The molecule has 1 unspecified atom stereocenters. The highest BCUT2D eigenvalue weighted by molar-refractivity contribution is 5.83. The van der Waals surface area contributed by atoms with Crippen molar-refractivity contribution in [1.29, 1.82) is 0 Å². The zero-order valence-corrected chi connectivity index (χ0v) is 11.0. The first-order valence-electron chi connectivity index (χ1n) is 6.45. The summed E-state index contributed by atoms with van der Waals surface area (Å²) >= 11 is 0. The number of carboxylic acid groups (broad SMARTS) is 1. The van der Waals surface area contributed by atoms with Gasteiger partial charge in [0.2, 0.25) is 0 Å². The summed E-state index contributed by atoms with van der Waals surface area (Å²) in [6, 6.07) is -1.18. The minimum Gasteiger partial charge on any atom is -0.480 e. The molecule has 18 heavy (non-hydrogen) atoms. The van der Waals surface area contributed by atoms with E-state index in [1.54, 1.807) is 0 Å². The van der Waals surface area contributed by atoms with E-state index in [0.29, 0.717) is 25.6 Å². The van der Waals surface area contributed by atoms with Crippen LogP contribution >= 0.6 is 0 Å². The highest BCUT2D eigenvalue weighted by Gasteiger charge is 2.32. The van der Waals surface area contributed by atoms with E-state index in [-0.39, 0.29) is 12.6 Å². The van der Waals surface area contributed by atoms with Crippen LogP contribution in [0, 0.1) is 5.92 Å². The lowest BCUT2D eigenvalue weighted by Gasteiger charge is -2.33. The lowest BCUT2D eigenvalue weighted by atomic mass is 10.0. The molecule has 0 saturated carbocycles. The van der Waals surface area contributed by atoms with Crippen molar-refractivity contribution in [2.45, 2.75) is 32.7 Å². The first kappa shape index (κ1) is 14.8. The molecule has 6 heteroatoms. The van der Waals surface area contributed by atoms with Gasteiger partial charge in [-0.05, 0) is 5.92 Å². The second kappa shape index (κ2) is 7.20. The first-order valence-corrected chi connectivity index (χ1v) is 6.45. The maximum atomic E-state index is 11.9. The fourth-order valence-electron chi connectivity index (χ4n) is 1.96. The molecule has 1 atom stereocenters. The number of hydrogen-bond acceptors (Lipinski definition) is 3. The zero-order chi connectivity index (χ0) is 13.5. The van der Waals surface area contributed by atoms with Crippen molar-refractivity contribution in [3.8, 4) is 0 Å². The summed E-state index contributed by atoms with van der Waals surface area (Å²) in [4.78, 5) is 24.3. The Bertz CT molecular complexity index is 292. The van der Waals surface area contributed by atoms with Gasteiger partial charge in [-0.2, -0.15) is 0 Å². The van der Waals surface area contributed by atoms with E-state index >= 15 is 0 Å². The largest absolute Gasteiger partial charge is 0.480 e. The van der Waals surface area contributed by atoms with E-state index in [1.165, 1.54) is 4.90 Å². The number of nitrogens with one attached hydrogen (secondary N) is 1. The van der Waals surface area contributed by atoms with E-state index < -0.39 is 12.0 Å². The number of ether oxygens (including phenoxy) is 1. The third kappa shape index (κ3) is 3.87. The number of morpholine rings is 1. The summed E-state index contributed by atoms with van der Waals surface area (Å²) in [5.74, 6) is -0.578. The van der Waals surface area contributed by atoms with Crippen LogP contribution in [0.4, 0.5) is 4.79 Å². The first-order chi connectivity index (χ1) is 8.60. The van der Waals surface area contributed by atoms with Gasteiger partial charge >= 0.3 is 12.0 Å². The van der Waals surface area contributed by atoms with Crippen molar-refractivity contribution in [1.82, 2.24) is 10.2 Å². The molecule has 1 saturated heterocycles. The smallest absolute Gasteiger partial charge is 0.328 e. The molecule has 2 amide bonds. The van der Waals surface area contributed by atoms with E-state index in [0.717, 1.165) is 12.8 Å². The maximum absolute atomic E-state index is 11.9. The molecule has 0 aromatic carbocycles. The highest BCUT2D eigenvalue weighted by Crippen LogP contribution is 2.09. The van der Waals surface area contributed by atoms with Crippen LogP contribution in [0.25, 0.3) is 0 Å². The number of amides is 2. The van der Waals surface area contributed by atoms with Crippen molar-refractivity contribution < 1.29 is 19.4 Å². The maximum Gasteiger partial charge on any atom is 0.328 e. The third-order valence-corrected chi connectivity index (χ3v) is 3.37. The van der Waals surface area contributed by atoms with Crippen LogP contribution in [-0.2, 0) is 9.53 Å². The fraction of sp³-hybridized carbons (Fsp3) is 0.833. The van der Waals surface area contributed by atoms with Crippen molar-refractivity contribution in [2.75, 3.05) is 26.3 Å². The lowest BCUT2D eigenvalue weighted by molar-refractivity contribution is -0.147. The lowest BCUT2D eigenvalue weighted by Crippen LogP contribution is -2.56. The van der Waals surface area contributed by atoms with Gasteiger partial charge in [0.05, 0.1) is 13.2 Å². The molecule has 104 valence electrons. The molecule has 0 spiro atoms. The van der Waals surface area contributed by atoms with Gasteiger partial charge in [-0.15, -0.1) is 0 Å². The molecule has 1 aliphatic rings. The average Bonchev–Trinajstić information content (AvgIpc) is 2.39. The van der Waals surface area contributed by atoms with Crippen molar-refractivity contribution in [3.05, 3.63) is 0 Å². The highest BCUT2D eigenvalue weighted by atomic mass is 16.5. The zero-order valence-electron chi connectivity index (χ0n) is 11.0. The van der Waals surface area contributed by atoms with Crippen molar-refractivity contribution in [2.24, 2.45) is 5.92 Å². The fourth-order valence-corrected chi connectivity index (χ4v) is 1.96. The van der Waals surface area contributed by atoms with Gasteiger partial charge in [-0.1, -0.05) is 26.7 Å². The Kier molecular flexibility index (Phi) is 5.91. The van der Waals surface area contributed by atoms with Crippen molar-refractivity contribution >= 4 is 12.0 Å². The molecule has 0 aliphatic carbocycles. The Morgan fingerprint density at radius 1 is 1.44 bits per heavy atom. The number of carbonyl (C=O) groups is 2. The molecule has 2 N–H and O–H groups in total. The molecule has 1 rings (SSSR count). The third-order valence-electron chi connectivity index (χ3n) is 3.37. The summed E-state index contributed by atoms with van der Waals surface area (Å²) < 4.78 is 5.09. The van der Waals surface area contributed by atoms with Gasteiger partial charge in [-0.25, -0.2) is 9.59 Å². The molecule has 0 aromatic heterocycles. The van der Waals surface area contributed by atoms with Crippen LogP contribution < -0.4 is 5.32 Å². The van der Waals surface area contributed by atoms with Gasteiger partial charge in [0.1, 0.15) is 0 Å². The van der Waals surface area contributed by atoms with Gasteiger partial charge in [0.15, 0.2) is 6.04 Å². The number of carbonyl (C=O) groups excluding carboxylic acids is 1. The molecule has 0 radical (unpaired) electrons. The molecule has 1 heterocycles. The van der Waals surface area contributed by atoms with E-state index in [9.17, 15) is 9.59 Å². The van der Waals surface area contributed by atoms with Gasteiger partial charge in [0.25, 0.3) is 0 Å². The Morgan fingerprint density at radius 3 is 2.67 bits per heavy atom. The molecule has 1 aliphatic heterocycles. The summed E-state index contributed by atoms with van der Waals surface area (Å²) in [5, 5.41) is 11.8. The standard InChI is InChI=1S/C12H22N2O4/c1-3-9(4-2)7-13-12(17)14-5-6-18-8-10(14)11(15)16/h9-10H,3-8H2,1-2H3,(H,13,17)(H,15,16). The number of rotatable bonds is 5.